The smallest absolute Gasteiger partial charge is 0.0482 e. The second-order valence-electron chi connectivity index (χ2n) is 2.95. The summed E-state index contributed by atoms with van der Waals surface area (Å²) < 4.78 is 1.32. The van der Waals surface area contributed by atoms with Crippen molar-refractivity contribution in [1.82, 2.24) is 0 Å². The molecule has 0 amide bonds. The number of thiophene rings is 1. The molecule has 0 saturated heterocycles. The lowest BCUT2D eigenvalue weighted by molar-refractivity contribution is 1.42. The number of aryl methyl sites for hydroxylation is 1. The Balaban J connectivity index is 2.87. The molecule has 0 nitrogen and oxygen atoms in total. The van der Waals surface area contributed by atoms with Gasteiger partial charge in [-0.25, -0.2) is 0 Å². The molecule has 68 valence electrons. The minimum absolute atomic E-state index is 0.820. The zero-order valence-electron chi connectivity index (χ0n) is 7.10. The summed E-state index contributed by atoms with van der Waals surface area (Å²) in [5.74, 6) is 0. The summed E-state index contributed by atoms with van der Waals surface area (Å²) in [4.78, 5) is 0. The third-order valence-electron chi connectivity index (χ3n) is 2.11. The number of hydrogen-bond acceptors (Lipinski definition) is 1. The van der Waals surface area contributed by atoms with E-state index in [1.165, 1.54) is 15.6 Å². The minimum atomic E-state index is 0.820. The Morgan fingerprint density at radius 2 is 2.31 bits per heavy atom. The molecule has 0 atom stereocenters. The molecule has 0 aliphatic rings. The molecule has 0 unspecified atom stereocenters. The van der Waals surface area contributed by atoms with Crippen LogP contribution in [-0.4, -0.2) is 0 Å². The van der Waals surface area contributed by atoms with Gasteiger partial charge in [-0.05, 0) is 40.9 Å². The second-order valence-corrected chi connectivity index (χ2v) is 4.84. The van der Waals surface area contributed by atoms with Crippen LogP contribution in [0.5, 0.6) is 0 Å². The van der Waals surface area contributed by atoms with Crippen LogP contribution in [-0.2, 0) is 5.33 Å². The molecular formula is C10H8BrClS. The monoisotopic (exact) mass is 274 g/mol. The third kappa shape index (κ3) is 1.51. The van der Waals surface area contributed by atoms with Gasteiger partial charge in [-0.3, -0.25) is 0 Å². The van der Waals surface area contributed by atoms with Crippen LogP contribution in [0, 0.1) is 6.92 Å². The number of hydrogen-bond donors (Lipinski definition) is 0. The normalized spacial score (nSPS) is 11.0. The maximum atomic E-state index is 6.20. The van der Waals surface area contributed by atoms with Crippen molar-refractivity contribution < 1.29 is 0 Å². The summed E-state index contributed by atoms with van der Waals surface area (Å²) in [5, 5.41) is 5.09. The average molecular weight is 276 g/mol. The van der Waals surface area contributed by atoms with Crippen LogP contribution in [0.1, 0.15) is 11.1 Å². The van der Waals surface area contributed by atoms with Gasteiger partial charge in [0.15, 0.2) is 0 Å². The summed E-state index contributed by atoms with van der Waals surface area (Å²) >= 11 is 11.4. The topological polar surface area (TPSA) is 0 Å². The molecule has 0 radical (unpaired) electrons. The molecular weight excluding hydrogens is 268 g/mol. The maximum Gasteiger partial charge on any atom is 0.0482 e. The van der Waals surface area contributed by atoms with E-state index < -0.39 is 0 Å². The van der Waals surface area contributed by atoms with Gasteiger partial charge in [0, 0.05) is 15.1 Å². The van der Waals surface area contributed by atoms with Crippen molar-refractivity contribution >= 4 is 49.0 Å². The van der Waals surface area contributed by atoms with Gasteiger partial charge in [0.25, 0.3) is 0 Å². The van der Waals surface area contributed by atoms with Crippen molar-refractivity contribution in [1.29, 1.82) is 0 Å². The summed E-state index contributed by atoms with van der Waals surface area (Å²) in [6.07, 6.45) is 0. The van der Waals surface area contributed by atoms with E-state index in [4.69, 9.17) is 11.6 Å². The minimum Gasteiger partial charge on any atom is -0.144 e. The summed E-state index contributed by atoms with van der Waals surface area (Å²) in [7, 11) is 0. The highest BCUT2D eigenvalue weighted by molar-refractivity contribution is 9.08. The lowest BCUT2D eigenvalue weighted by Crippen LogP contribution is -1.84. The number of fused-ring (bicyclic) bond motifs is 1. The van der Waals surface area contributed by atoms with Crippen LogP contribution in [0.3, 0.4) is 0 Å². The van der Waals surface area contributed by atoms with E-state index in [1.807, 2.05) is 6.92 Å². The van der Waals surface area contributed by atoms with Crippen molar-refractivity contribution in [3.63, 3.8) is 0 Å². The Bertz CT molecular complexity index is 447. The second kappa shape index (κ2) is 3.60. The molecule has 0 aliphatic carbocycles. The van der Waals surface area contributed by atoms with E-state index in [9.17, 15) is 0 Å². The zero-order valence-corrected chi connectivity index (χ0v) is 10.3. The van der Waals surface area contributed by atoms with Gasteiger partial charge in [0.1, 0.15) is 0 Å². The highest BCUT2D eigenvalue weighted by atomic mass is 79.9. The fourth-order valence-corrected chi connectivity index (χ4v) is 3.31. The molecule has 0 aliphatic heterocycles. The summed E-state index contributed by atoms with van der Waals surface area (Å²) in [6, 6.07) is 4.27. The molecule has 1 aromatic heterocycles. The Labute approximate surface area is 94.7 Å². The predicted molar refractivity (Wildman–Crippen MR) is 64.2 cm³/mol. The highest BCUT2D eigenvalue weighted by Crippen LogP contribution is 2.33. The predicted octanol–water partition coefficient (Wildman–Crippen LogP) is 4.76. The third-order valence-corrected chi connectivity index (χ3v) is 4.06. The van der Waals surface area contributed by atoms with Crippen molar-refractivity contribution in [2.24, 2.45) is 0 Å². The fourth-order valence-electron chi connectivity index (χ4n) is 1.43. The number of halogens is 2. The SMILES string of the molecule is Cc1cc2sccc2c(CBr)c1Cl. The van der Waals surface area contributed by atoms with Crippen molar-refractivity contribution in [3.05, 3.63) is 33.7 Å². The lowest BCUT2D eigenvalue weighted by atomic mass is 10.1. The van der Waals surface area contributed by atoms with Crippen molar-refractivity contribution in [2.45, 2.75) is 12.3 Å². The molecule has 0 spiro atoms. The van der Waals surface area contributed by atoms with E-state index >= 15 is 0 Å². The van der Waals surface area contributed by atoms with Gasteiger partial charge in [0.05, 0.1) is 0 Å². The molecule has 0 N–H and O–H groups in total. The van der Waals surface area contributed by atoms with Crippen LogP contribution in [0.2, 0.25) is 5.02 Å². The van der Waals surface area contributed by atoms with Crippen LogP contribution in [0.15, 0.2) is 17.5 Å². The number of benzene rings is 1. The standard InChI is InChI=1S/C10H8BrClS/c1-6-4-9-7(2-3-13-9)8(5-11)10(6)12/h2-4H,5H2,1H3. The first-order valence-electron chi connectivity index (χ1n) is 3.95. The molecule has 0 saturated carbocycles. The van der Waals surface area contributed by atoms with Gasteiger partial charge in [-0.2, -0.15) is 0 Å². The Morgan fingerprint density at radius 1 is 1.54 bits per heavy atom. The summed E-state index contributed by atoms with van der Waals surface area (Å²) in [6.45, 7) is 2.05. The van der Waals surface area contributed by atoms with E-state index in [1.54, 1.807) is 11.3 Å². The van der Waals surface area contributed by atoms with Gasteiger partial charge >= 0.3 is 0 Å². The van der Waals surface area contributed by atoms with Crippen LogP contribution in [0.4, 0.5) is 0 Å². The van der Waals surface area contributed by atoms with E-state index in [0.717, 1.165) is 15.9 Å². The first-order valence-corrected chi connectivity index (χ1v) is 6.33. The maximum absolute atomic E-state index is 6.20. The van der Waals surface area contributed by atoms with Gasteiger partial charge in [-0.15, -0.1) is 11.3 Å². The number of rotatable bonds is 1. The van der Waals surface area contributed by atoms with Gasteiger partial charge < -0.3 is 0 Å². The van der Waals surface area contributed by atoms with Gasteiger partial charge in [0.2, 0.25) is 0 Å². The first-order chi connectivity index (χ1) is 6.24. The van der Waals surface area contributed by atoms with Gasteiger partial charge in [-0.1, -0.05) is 27.5 Å². The molecule has 0 bridgehead atoms. The molecule has 3 heteroatoms. The van der Waals surface area contributed by atoms with Crippen LogP contribution >= 0.6 is 38.9 Å². The summed E-state index contributed by atoms with van der Waals surface area (Å²) in [5.41, 5.74) is 2.36. The van der Waals surface area contributed by atoms with Crippen LogP contribution in [0.25, 0.3) is 10.1 Å². The molecule has 2 rings (SSSR count). The quantitative estimate of drug-likeness (QED) is 0.658. The van der Waals surface area contributed by atoms with E-state index in [-0.39, 0.29) is 0 Å². The van der Waals surface area contributed by atoms with Crippen molar-refractivity contribution in [3.8, 4) is 0 Å². The Kier molecular flexibility index (Phi) is 2.63. The molecule has 13 heavy (non-hydrogen) atoms. The molecule has 0 fully saturated rings. The fraction of sp³-hybridized carbons (Fsp3) is 0.200. The number of alkyl halides is 1. The van der Waals surface area contributed by atoms with E-state index in [0.29, 0.717) is 0 Å². The first kappa shape index (κ1) is 9.50. The molecule has 2 aromatic rings. The molecule has 1 heterocycles. The van der Waals surface area contributed by atoms with E-state index in [2.05, 4.69) is 33.4 Å². The molecule has 1 aromatic carbocycles. The Morgan fingerprint density at radius 3 is 3.00 bits per heavy atom. The van der Waals surface area contributed by atoms with Crippen LogP contribution < -0.4 is 0 Å². The average Bonchev–Trinajstić information content (AvgIpc) is 2.54. The largest absolute Gasteiger partial charge is 0.144 e. The lowest BCUT2D eigenvalue weighted by Gasteiger charge is -2.05. The zero-order chi connectivity index (χ0) is 9.42. The highest BCUT2D eigenvalue weighted by Gasteiger charge is 2.08. The Hall–Kier alpha value is -0.0500. The van der Waals surface area contributed by atoms with Crippen molar-refractivity contribution in [2.75, 3.05) is 0 Å².